The Kier molecular flexibility index (Phi) is 9.21. The fourth-order valence-electron chi connectivity index (χ4n) is 6.71. The molecule has 0 unspecified atom stereocenters. The summed E-state index contributed by atoms with van der Waals surface area (Å²) in [6, 6.07) is 18.0. The maximum Gasteiger partial charge on any atom is 0.237 e. The number of anilines is 1. The average Bonchev–Trinajstić information content (AvgIpc) is 3.91. The lowest BCUT2D eigenvalue weighted by molar-refractivity contribution is -0.132. The molecule has 1 fully saturated rings. The number of carbonyl (C=O) groups excluding carboxylic acids is 2. The second-order valence-corrected chi connectivity index (χ2v) is 12.9. The molecular weight excluding hydrogens is 618 g/mol. The molecule has 12 nitrogen and oxygen atoms in total. The molecular formula is C37H41N9O3. The van der Waals surface area contributed by atoms with Crippen LogP contribution in [0.15, 0.2) is 79.3 Å². The summed E-state index contributed by atoms with van der Waals surface area (Å²) in [5, 5.41) is 16.5. The number of aromatic amines is 1. The van der Waals surface area contributed by atoms with Gasteiger partial charge in [0.25, 0.3) is 0 Å². The summed E-state index contributed by atoms with van der Waals surface area (Å²) in [5.74, 6) is 0.588. The van der Waals surface area contributed by atoms with Gasteiger partial charge in [-0.05, 0) is 87.7 Å². The van der Waals surface area contributed by atoms with Crippen LogP contribution in [0.3, 0.4) is 0 Å². The normalized spacial score (nSPS) is 16.7. The van der Waals surface area contributed by atoms with Gasteiger partial charge in [-0.15, -0.1) is 5.10 Å². The van der Waals surface area contributed by atoms with E-state index in [0.717, 1.165) is 58.5 Å². The van der Waals surface area contributed by atoms with Gasteiger partial charge in [0.1, 0.15) is 5.69 Å². The Bertz CT molecular complexity index is 1950. The summed E-state index contributed by atoms with van der Waals surface area (Å²) in [6.07, 6.45) is 8.96. The highest BCUT2D eigenvalue weighted by atomic mass is 16.5. The molecule has 49 heavy (non-hydrogen) atoms. The van der Waals surface area contributed by atoms with Crippen molar-refractivity contribution in [2.45, 2.75) is 39.7 Å². The standard InChI is InChI=1S/C37H41N9O3/c1-4-45(31-10-11-33-32(21-31)36(41-40-33)28-7-12-34(38-22-28)49-25(2)3)37(48)29-13-17-43(23-29)24-35(47)44-18-14-27(15-19-44)26-5-8-30(9-6-26)46-20-16-39-42-46/h5-12,14,16,20-22,25,29H,4,13,15,17-19,23-24H2,1-3H3,(H,40,41)/t29-/m1/s1. The van der Waals surface area contributed by atoms with Gasteiger partial charge in [-0.3, -0.25) is 19.6 Å². The van der Waals surface area contributed by atoms with E-state index < -0.39 is 0 Å². The number of rotatable bonds is 10. The van der Waals surface area contributed by atoms with Crippen LogP contribution in [0.1, 0.15) is 39.2 Å². The van der Waals surface area contributed by atoms with Gasteiger partial charge in [0.15, 0.2) is 0 Å². The van der Waals surface area contributed by atoms with Crippen LogP contribution in [0.25, 0.3) is 33.4 Å². The van der Waals surface area contributed by atoms with Gasteiger partial charge in [0.2, 0.25) is 17.7 Å². The van der Waals surface area contributed by atoms with Gasteiger partial charge in [-0.2, -0.15) is 5.10 Å². The second-order valence-electron chi connectivity index (χ2n) is 12.9. The Morgan fingerprint density at radius 1 is 1.06 bits per heavy atom. The van der Waals surface area contributed by atoms with Crippen LogP contribution in [0, 0.1) is 5.92 Å². The number of fused-ring (bicyclic) bond motifs is 1. The third-order valence-electron chi connectivity index (χ3n) is 9.27. The van der Waals surface area contributed by atoms with Crippen LogP contribution in [0.2, 0.25) is 0 Å². The van der Waals surface area contributed by atoms with Crippen molar-refractivity contribution in [1.82, 2.24) is 40.0 Å². The number of nitrogens with zero attached hydrogens (tertiary/aromatic N) is 8. The molecule has 1 atom stereocenters. The minimum atomic E-state index is -0.168. The van der Waals surface area contributed by atoms with Gasteiger partial charge in [0, 0.05) is 55.1 Å². The fourth-order valence-corrected chi connectivity index (χ4v) is 6.71. The summed E-state index contributed by atoms with van der Waals surface area (Å²) < 4.78 is 7.42. The zero-order valence-electron chi connectivity index (χ0n) is 28.1. The van der Waals surface area contributed by atoms with Gasteiger partial charge in [-0.1, -0.05) is 23.4 Å². The minimum absolute atomic E-state index is 0.0424. The smallest absolute Gasteiger partial charge is 0.237 e. The van der Waals surface area contributed by atoms with Crippen LogP contribution in [-0.4, -0.2) is 97.2 Å². The highest BCUT2D eigenvalue weighted by Gasteiger charge is 2.33. The number of aromatic nitrogens is 6. The van der Waals surface area contributed by atoms with E-state index in [-0.39, 0.29) is 23.8 Å². The lowest BCUT2D eigenvalue weighted by atomic mass is 9.99. The molecule has 2 aliphatic heterocycles. The van der Waals surface area contributed by atoms with Crippen LogP contribution < -0.4 is 9.64 Å². The predicted molar refractivity (Wildman–Crippen MR) is 188 cm³/mol. The van der Waals surface area contributed by atoms with E-state index in [1.54, 1.807) is 17.1 Å². The largest absolute Gasteiger partial charge is 0.475 e. The molecule has 2 amide bonds. The third-order valence-corrected chi connectivity index (χ3v) is 9.27. The number of carbonyl (C=O) groups is 2. The maximum absolute atomic E-state index is 13.9. The van der Waals surface area contributed by atoms with E-state index in [1.807, 2.05) is 79.2 Å². The van der Waals surface area contributed by atoms with Crippen LogP contribution in [0.5, 0.6) is 5.88 Å². The third kappa shape index (κ3) is 6.95. The minimum Gasteiger partial charge on any atom is -0.475 e. The number of amides is 2. The summed E-state index contributed by atoms with van der Waals surface area (Å²) >= 11 is 0. The van der Waals surface area contributed by atoms with Crippen molar-refractivity contribution in [3.05, 3.63) is 84.8 Å². The Morgan fingerprint density at radius 2 is 1.90 bits per heavy atom. The van der Waals surface area contributed by atoms with Crippen molar-refractivity contribution in [2.75, 3.05) is 44.2 Å². The van der Waals surface area contributed by atoms with E-state index >= 15 is 0 Å². The Hall–Kier alpha value is -5.36. The number of nitrogens with one attached hydrogen (secondary N) is 1. The van der Waals surface area contributed by atoms with Crippen LogP contribution >= 0.6 is 0 Å². The summed E-state index contributed by atoms with van der Waals surface area (Å²) in [4.78, 5) is 37.5. The number of H-pyrrole nitrogens is 1. The van der Waals surface area contributed by atoms with E-state index in [1.165, 1.54) is 5.57 Å². The molecule has 5 aromatic rings. The zero-order chi connectivity index (χ0) is 33.9. The molecule has 0 spiro atoms. The molecule has 1 saturated heterocycles. The molecule has 252 valence electrons. The molecule has 0 aliphatic carbocycles. The molecule has 12 heteroatoms. The molecule has 5 heterocycles. The molecule has 0 saturated carbocycles. The van der Waals surface area contributed by atoms with Crippen molar-refractivity contribution in [3.8, 4) is 22.8 Å². The number of hydrogen-bond donors (Lipinski definition) is 1. The SMILES string of the molecule is CCN(C(=O)[C@@H]1CCN(CC(=O)N2CC=C(c3ccc(-n4ccnn4)cc3)CC2)C1)c1ccc2[nH]nc(-c3ccc(OC(C)C)nc3)c2c1. The maximum atomic E-state index is 13.9. The molecule has 1 N–H and O–H groups in total. The van der Waals surface area contributed by atoms with Gasteiger partial charge >= 0.3 is 0 Å². The number of ether oxygens (including phenoxy) is 1. The molecule has 7 rings (SSSR count). The first-order valence-electron chi connectivity index (χ1n) is 16.9. The molecule has 3 aromatic heterocycles. The summed E-state index contributed by atoms with van der Waals surface area (Å²) in [7, 11) is 0. The fraction of sp³-hybridized carbons (Fsp3) is 0.351. The molecule has 0 radical (unpaired) electrons. The molecule has 0 bridgehead atoms. The Balaban J connectivity index is 0.957. The number of pyridine rings is 1. The van der Waals surface area contributed by atoms with E-state index in [0.29, 0.717) is 38.6 Å². The number of likely N-dealkylation sites (tertiary alicyclic amines) is 1. The Morgan fingerprint density at radius 3 is 2.59 bits per heavy atom. The van der Waals surface area contributed by atoms with Crippen LogP contribution in [-0.2, 0) is 9.59 Å². The summed E-state index contributed by atoms with van der Waals surface area (Å²) in [6.45, 7) is 9.36. The lowest BCUT2D eigenvalue weighted by Crippen LogP contribution is -2.42. The monoisotopic (exact) mass is 659 g/mol. The first kappa shape index (κ1) is 32.2. The van der Waals surface area contributed by atoms with Gasteiger partial charge < -0.3 is 14.5 Å². The molecule has 2 aliphatic rings. The van der Waals surface area contributed by atoms with Crippen molar-refractivity contribution < 1.29 is 14.3 Å². The van der Waals surface area contributed by atoms with Crippen molar-refractivity contribution in [2.24, 2.45) is 5.92 Å². The first-order valence-corrected chi connectivity index (χ1v) is 16.9. The van der Waals surface area contributed by atoms with Crippen molar-refractivity contribution in [3.63, 3.8) is 0 Å². The number of hydrogen-bond acceptors (Lipinski definition) is 8. The van der Waals surface area contributed by atoms with E-state index in [2.05, 4.69) is 48.6 Å². The first-order chi connectivity index (χ1) is 23.9. The lowest BCUT2D eigenvalue weighted by Gasteiger charge is -2.29. The topological polar surface area (TPSA) is 125 Å². The average molecular weight is 660 g/mol. The van der Waals surface area contributed by atoms with Crippen molar-refractivity contribution >= 4 is 34.0 Å². The highest BCUT2D eigenvalue weighted by Crippen LogP contribution is 2.32. The zero-order valence-corrected chi connectivity index (χ0v) is 28.1. The molecule has 2 aromatic carbocycles. The number of benzene rings is 2. The predicted octanol–water partition coefficient (Wildman–Crippen LogP) is 4.98. The van der Waals surface area contributed by atoms with E-state index in [4.69, 9.17) is 4.74 Å². The van der Waals surface area contributed by atoms with Crippen molar-refractivity contribution in [1.29, 1.82) is 0 Å². The second kappa shape index (κ2) is 14.0. The van der Waals surface area contributed by atoms with E-state index in [9.17, 15) is 9.59 Å². The van der Waals surface area contributed by atoms with Gasteiger partial charge in [-0.25, -0.2) is 9.67 Å². The van der Waals surface area contributed by atoms with Crippen LogP contribution in [0.4, 0.5) is 5.69 Å². The quantitative estimate of drug-likeness (QED) is 0.223. The Labute approximate surface area is 285 Å². The highest BCUT2D eigenvalue weighted by molar-refractivity contribution is 6.00. The summed E-state index contributed by atoms with van der Waals surface area (Å²) in [5.41, 5.74) is 6.71. The van der Waals surface area contributed by atoms with Gasteiger partial charge in [0.05, 0.1) is 42.2 Å².